The Bertz CT molecular complexity index is 452. The second-order valence-electron chi connectivity index (χ2n) is 5.19. The summed E-state index contributed by atoms with van der Waals surface area (Å²) < 4.78 is 17.5. The van der Waals surface area contributed by atoms with Crippen LogP contribution >= 0.6 is 15.9 Å². The summed E-state index contributed by atoms with van der Waals surface area (Å²) in [6.45, 7) is 9.26. The first kappa shape index (κ1) is 17.0. The van der Waals surface area contributed by atoms with Crippen molar-refractivity contribution in [2.75, 3.05) is 19.8 Å². The average Bonchev–Trinajstić information content (AvgIpc) is 2.35. The standard InChI is InChI=1S/C15H21BrO4/c1-5-18-13-9-11(10-17)8-12(16)14(13)19-6-7-20-15(2,3)4/h8-10H,5-7H2,1-4H3. The van der Waals surface area contributed by atoms with Gasteiger partial charge >= 0.3 is 0 Å². The predicted molar refractivity (Wildman–Crippen MR) is 81.9 cm³/mol. The van der Waals surface area contributed by atoms with Crippen LogP contribution in [-0.2, 0) is 4.74 Å². The van der Waals surface area contributed by atoms with E-state index < -0.39 is 0 Å². The molecule has 0 saturated heterocycles. The molecule has 0 aromatic heterocycles. The van der Waals surface area contributed by atoms with E-state index in [4.69, 9.17) is 14.2 Å². The maximum Gasteiger partial charge on any atom is 0.175 e. The van der Waals surface area contributed by atoms with Crippen LogP contribution in [0.25, 0.3) is 0 Å². The van der Waals surface area contributed by atoms with Gasteiger partial charge in [-0.15, -0.1) is 0 Å². The quantitative estimate of drug-likeness (QED) is 0.556. The molecule has 1 rings (SSSR count). The lowest BCUT2D eigenvalue weighted by molar-refractivity contribution is -0.0166. The van der Waals surface area contributed by atoms with Gasteiger partial charge in [-0.2, -0.15) is 0 Å². The summed E-state index contributed by atoms with van der Waals surface area (Å²) in [6, 6.07) is 3.37. The normalized spacial score (nSPS) is 11.2. The number of ether oxygens (including phenoxy) is 3. The van der Waals surface area contributed by atoms with E-state index in [1.807, 2.05) is 27.7 Å². The molecular formula is C15H21BrO4. The minimum atomic E-state index is -0.190. The molecule has 0 fully saturated rings. The van der Waals surface area contributed by atoms with Gasteiger partial charge in [0.15, 0.2) is 11.5 Å². The molecule has 0 aliphatic heterocycles. The highest BCUT2D eigenvalue weighted by Gasteiger charge is 2.13. The molecule has 0 radical (unpaired) electrons. The first-order valence-electron chi connectivity index (χ1n) is 6.55. The zero-order valence-corrected chi connectivity index (χ0v) is 14.0. The molecule has 0 heterocycles. The van der Waals surface area contributed by atoms with Crippen LogP contribution < -0.4 is 9.47 Å². The lowest BCUT2D eigenvalue weighted by Gasteiger charge is -2.20. The molecule has 0 atom stereocenters. The van der Waals surface area contributed by atoms with E-state index in [9.17, 15) is 4.79 Å². The molecule has 0 saturated carbocycles. The Morgan fingerprint density at radius 3 is 2.45 bits per heavy atom. The Kier molecular flexibility index (Phi) is 6.49. The summed E-state index contributed by atoms with van der Waals surface area (Å²) in [5.41, 5.74) is 0.351. The third-order valence-corrected chi connectivity index (χ3v) is 2.92. The van der Waals surface area contributed by atoms with Gasteiger partial charge in [-0.1, -0.05) is 0 Å². The van der Waals surface area contributed by atoms with Gasteiger partial charge in [0.05, 0.1) is 23.3 Å². The van der Waals surface area contributed by atoms with Crippen LogP contribution in [0.5, 0.6) is 11.5 Å². The van der Waals surface area contributed by atoms with E-state index in [-0.39, 0.29) is 5.60 Å². The molecule has 0 aliphatic carbocycles. The van der Waals surface area contributed by atoms with E-state index in [1.165, 1.54) is 0 Å². The Morgan fingerprint density at radius 2 is 1.90 bits per heavy atom. The average molecular weight is 345 g/mol. The van der Waals surface area contributed by atoms with Gasteiger partial charge in [-0.05, 0) is 55.8 Å². The minimum absolute atomic E-state index is 0.190. The molecule has 20 heavy (non-hydrogen) atoms. The van der Waals surface area contributed by atoms with Crippen LogP contribution in [0.4, 0.5) is 0 Å². The van der Waals surface area contributed by atoms with Crippen LogP contribution in [0.2, 0.25) is 0 Å². The number of hydrogen-bond acceptors (Lipinski definition) is 4. The van der Waals surface area contributed by atoms with Crippen molar-refractivity contribution in [2.45, 2.75) is 33.3 Å². The summed E-state index contributed by atoms with van der Waals surface area (Å²) in [4.78, 5) is 10.9. The zero-order chi connectivity index (χ0) is 15.2. The van der Waals surface area contributed by atoms with Crippen molar-refractivity contribution < 1.29 is 19.0 Å². The fourth-order valence-corrected chi connectivity index (χ4v) is 2.12. The van der Waals surface area contributed by atoms with E-state index in [2.05, 4.69) is 15.9 Å². The molecule has 0 spiro atoms. The summed E-state index contributed by atoms with van der Waals surface area (Å²) in [7, 11) is 0. The van der Waals surface area contributed by atoms with Gasteiger partial charge in [-0.25, -0.2) is 0 Å². The van der Waals surface area contributed by atoms with Gasteiger partial charge in [0.2, 0.25) is 0 Å². The maximum atomic E-state index is 10.9. The van der Waals surface area contributed by atoms with Crippen molar-refractivity contribution >= 4 is 22.2 Å². The second kappa shape index (κ2) is 7.64. The van der Waals surface area contributed by atoms with E-state index >= 15 is 0 Å². The molecule has 0 amide bonds. The minimum Gasteiger partial charge on any atom is -0.490 e. The smallest absolute Gasteiger partial charge is 0.175 e. The Morgan fingerprint density at radius 1 is 1.20 bits per heavy atom. The van der Waals surface area contributed by atoms with Crippen LogP contribution in [0.15, 0.2) is 16.6 Å². The largest absolute Gasteiger partial charge is 0.490 e. The summed E-state index contributed by atoms with van der Waals surface area (Å²) >= 11 is 3.40. The van der Waals surface area contributed by atoms with Crippen molar-refractivity contribution in [3.8, 4) is 11.5 Å². The molecule has 1 aromatic rings. The first-order chi connectivity index (χ1) is 9.37. The Balaban J connectivity index is 2.75. The van der Waals surface area contributed by atoms with Crippen LogP contribution in [0.3, 0.4) is 0 Å². The number of aldehydes is 1. The van der Waals surface area contributed by atoms with Gasteiger partial charge in [0.1, 0.15) is 12.9 Å². The molecule has 0 aliphatic rings. The highest BCUT2D eigenvalue weighted by molar-refractivity contribution is 9.10. The van der Waals surface area contributed by atoms with Gasteiger partial charge in [0.25, 0.3) is 0 Å². The number of carbonyl (C=O) groups is 1. The number of benzene rings is 1. The van der Waals surface area contributed by atoms with Gasteiger partial charge < -0.3 is 14.2 Å². The number of carbonyl (C=O) groups excluding carboxylic acids is 1. The third-order valence-electron chi connectivity index (χ3n) is 2.33. The second-order valence-corrected chi connectivity index (χ2v) is 6.04. The molecule has 112 valence electrons. The summed E-state index contributed by atoms with van der Waals surface area (Å²) in [5.74, 6) is 1.15. The maximum absolute atomic E-state index is 10.9. The van der Waals surface area contributed by atoms with Crippen molar-refractivity contribution in [3.05, 3.63) is 22.2 Å². The molecule has 5 heteroatoms. The summed E-state index contributed by atoms with van der Waals surface area (Å²) in [5, 5.41) is 0. The lowest BCUT2D eigenvalue weighted by atomic mass is 10.2. The van der Waals surface area contributed by atoms with E-state index in [0.717, 1.165) is 6.29 Å². The van der Waals surface area contributed by atoms with Crippen LogP contribution in [-0.4, -0.2) is 31.7 Å². The highest BCUT2D eigenvalue weighted by atomic mass is 79.9. The molecule has 1 aromatic carbocycles. The van der Waals surface area contributed by atoms with Crippen LogP contribution in [0.1, 0.15) is 38.1 Å². The molecular weight excluding hydrogens is 324 g/mol. The van der Waals surface area contributed by atoms with Crippen molar-refractivity contribution in [1.82, 2.24) is 0 Å². The first-order valence-corrected chi connectivity index (χ1v) is 7.35. The molecule has 0 N–H and O–H groups in total. The van der Waals surface area contributed by atoms with E-state index in [0.29, 0.717) is 41.4 Å². The van der Waals surface area contributed by atoms with Gasteiger partial charge in [0, 0.05) is 5.56 Å². The van der Waals surface area contributed by atoms with Crippen molar-refractivity contribution in [3.63, 3.8) is 0 Å². The van der Waals surface area contributed by atoms with Crippen molar-refractivity contribution in [1.29, 1.82) is 0 Å². The fourth-order valence-electron chi connectivity index (χ4n) is 1.55. The molecule has 0 unspecified atom stereocenters. The third kappa shape index (κ3) is 5.51. The number of rotatable bonds is 7. The van der Waals surface area contributed by atoms with Crippen LogP contribution in [0, 0.1) is 0 Å². The lowest BCUT2D eigenvalue weighted by Crippen LogP contribution is -2.22. The summed E-state index contributed by atoms with van der Waals surface area (Å²) in [6.07, 6.45) is 0.778. The van der Waals surface area contributed by atoms with Crippen molar-refractivity contribution in [2.24, 2.45) is 0 Å². The monoisotopic (exact) mass is 344 g/mol. The van der Waals surface area contributed by atoms with E-state index in [1.54, 1.807) is 12.1 Å². The highest BCUT2D eigenvalue weighted by Crippen LogP contribution is 2.36. The Hall–Kier alpha value is -1.07. The SMILES string of the molecule is CCOc1cc(C=O)cc(Br)c1OCCOC(C)(C)C. The predicted octanol–water partition coefficient (Wildman–Crippen LogP) is 3.85. The molecule has 0 bridgehead atoms. The Labute approximate surface area is 128 Å². The number of halogens is 1. The fraction of sp³-hybridized carbons (Fsp3) is 0.533. The zero-order valence-electron chi connectivity index (χ0n) is 12.4. The topological polar surface area (TPSA) is 44.8 Å². The molecule has 4 nitrogen and oxygen atoms in total. The van der Waals surface area contributed by atoms with Gasteiger partial charge in [-0.3, -0.25) is 4.79 Å². The number of hydrogen-bond donors (Lipinski definition) is 0.